The van der Waals surface area contributed by atoms with Crippen molar-refractivity contribution in [3.05, 3.63) is 65.2 Å². The SMILES string of the molecule is O=Cc1ccccc1OCc1cccc(F)c1F. The van der Waals surface area contributed by atoms with Gasteiger partial charge in [-0.1, -0.05) is 24.3 Å². The van der Waals surface area contributed by atoms with Gasteiger partial charge < -0.3 is 4.74 Å². The number of aldehydes is 1. The minimum atomic E-state index is -0.930. The van der Waals surface area contributed by atoms with Crippen molar-refractivity contribution in [2.24, 2.45) is 0 Å². The van der Waals surface area contributed by atoms with Gasteiger partial charge in [0, 0.05) is 5.56 Å². The number of rotatable bonds is 4. The average Bonchev–Trinajstić information content (AvgIpc) is 2.41. The minimum absolute atomic E-state index is 0.107. The van der Waals surface area contributed by atoms with Crippen LogP contribution in [0.2, 0.25) is 0 Å². The maximum absolute atomic E-state index is 13.4. The number of ether oxygens (including phenoxy) is 1. The van der Waals surface area contributed by atoms with Crippen molar-refractivity contribution in [2.45, 2.75) is 6.61 Å². The Morgan fingerprint density at radius 1 is 1.06 bits per heavy atom. The summed E-state index contributed by atoms with van der Waals surface area (Å²) >= 11 is 0. The normalized spacial score (nSPS) is 10.1. The van der Waals surface area contributed by atoms with E-state index in [0.717, 1.165) is 6.07 Å². The highest BCUT2D eigenvalue weighted by molar-refractivity contribution is 5.79. The third kappa shape index (κ3) is 2.53. The number of carbonyl (C=O) groups is 1. The van der Waals surface area contributed by atoms with E-state index in [0.29, 0.717) is 17.6 Å². The van der Waals surface area contributed by atoms with E-state index in [9.17, 15) is 13.6 Å². The molecule has 2 aromatic rings. The molecule has 2 rings (SSSR count). The Morgan fingerprint density at radius 3 is 2.61 bits per heavy atom. The van der Waals surface area contributed by atoms with E-state index in [1.54, 1.807) is 24.3 Å². The highest BCUT2D eigenvalue weighted by Gasteiger charge is 2.09. The van der Waals surface area contributed by atoms with E-state index in [1.807, 2.05) is 0 Å². The van der Waals surface area contributed by atoms with Crippen LogP contribution in [0, 0.1) is 11.6 Å². The van der Waals surface area contributed by atoms with Crippen molar-refractivity contribution < 1.29 is 18.3 Å². The van der Waals surface area contributed by atoms with Crippen LogP contribution in [0.4, 0.5) is 8.78 Å². The summed E-state index contributed by atoms with van der Waals surface area (Å²) in [7, 11) is 0. The summed E-state index contributed by atoms with van der Waals surface area (Å²) in [6, 6.07) is 10.5. The molecule has 0 atom stereocenters. The van der Waals surface area contributed by atoms with Gasteiger partial charge in [0.1, 0.15) is 12.4 Å². The van der Waals surface area contributed by atoms with Crippen molar-refractivity contribution in [1.82, 2.24) is 0 Å². The molecule has 0 N–H and O–H groups in total. The Kier molecular flexibility index (Phi) is 3.67. The molecule has 0 fully saturated rings. The predicted octanol–water partition coefficient (Wildman–Crippen LogP) is 3.36. The fourth-order valence-electron chi connectivity index (χ4n) is 1.52. The molecule has 0 heterocycles. The van der Waals surface area contributed by atoms with E-state index in [1.165, 1.54) is 12.1 Å². The number of benzene rings is 2. The van der Waals surface area contributed by atoms with Crippen molar-refractivity contribution in [3.63, 3.8) is 0 Å². The van der Waals surface area contributed by atoms with Crippen LogP contribution in [0.3, 0.4) is 0 Å². The van der Waals surface area contributed by atoms with Gasteiger partial charge in [0.15, 0.2) is 17.9 Å². The van der Waals surface area contributed by atoms with Crippen molar-refractivity contribution >= 4 is 6.29 Å². The van der Waals surface area contributed by atoms with Gasteiger partial charge in [-0.2, -0.15) is 0 Å². The van der Waals surface area contributed by atoms with E-state index < -0.39 is 11.6 Å². The fourth-order valence-corrected chi connectivity index (χ4v) is 1.52. The van der Waals surface area contributed by atoms with Gasteiger partial charge in [0.05, 0.1) is 5.56 Å². The average molecular weight is 248 g/mol. The number of hydrogen-bond donors (Lipinski definition) is 0. The van der Waals surface area contributed by atoms with Crippen LogP contribution in [-0.4, -0.2) is 6.29 Å². The van der Waals surface area contributed by atoms with E-state index in [2.05, 4.69) is 0 Å². The van der Waals surface area contributed by atoms with Crippen molar-refractivity contribution in [2.75, 3.05) is 0 Å². The Balaban J connectivity index is 2.16. The fraction of sp³-hybridized carbons (Fsp3) is 0.0714. The lowest BCUT2D eigenvalue weighted by molar-refractivity contribution is 0.111. The molecule has 0 unspecified atom stereocenters. The first-order valence-corrected chi connectivity index (χ1v) is 5.32. The number of para-hydroxylation sites is 1. The Morgan fingerprint density at radius 2 is 1.83 bits per heavy atom. The molecule has 0 amide bonds. The zero-order valence-electron chi connectivity index (χ0n) is 9.40. The molecule has 2 aromatic carbocycles. The van der Waals surface area contributed by atoms with Crippen molar-refractivity contribution in [3.8, 4) is 5.75 Å². The standard InChI is InChI=1S/C14H10F2O2/c15-12-6-3-5-11(14(12)16)9-18-13-7-2-1-4-10(13)8-17/h1-8H,9H2. The quantitative estimate of drug-likeness (QED) is 0.775. The lowest BCUT2D eigenvalue weighted by Crippen LogP contribution is -2.01. The maximum Gasteiger partial charge on any atom is 0.165 e. The topological polar surface area (TPSA) is 26.3 Å². The van der Waals surface area contributed by atoms with Crippen molar-refractivity contribution in [1.29, 1.82) is 0 Å². The van der Waals surface area contributed by atoms with Crippen LogP contribution in [0.15, 0.2) is 42.5 Å². The summed E-state index contributed by atoms with van der Waals surface area (Å²) in [5.74, 6) is -1.50. The third-order valence-electron chi connectivity index (χ3n) is 2.46. The lowest BCUT2D eigenvalue weighted by Gasteiger charge is -2.09. The second-order valence-electron chi connectivity index (χ2n) is 3.66. The molecule has 0 aliphatic carbocycles. The third-order valence-corrected chi connectivity index (χ3v) is 2.46. The molecule has 18 heavy (non-hydrogen) atoms. The summed E-state index contributed by atoms with van der Waals surface area (Å²) in [6.45, 7) is -0.131. The molecular weight excluding hydrogens is 238 g/mol. The summed E-state index contributed by atoms with van der Waals surface area (Å²) in [6.07, 6.45) is 0.650. The van der Waals surface area contributed by atoms with Crippen LogP contribution in [-0.2, 0) is 6.61 Å². The predicted molar refractivity (Wildman–Crippen MR) is 62.5 cm³/mol. The van der Waals surface area contributed by atoms with Crippen LogP contribution >= 0.6 is 0 Å². The number of carbonyl (C=O) groups excluding carboxylic acids is 1. The second-order valence-corrected chi connectivity index (χ2v) is 3.66. The van der Waals surface area contributed by atoms with E-state index >= 15 is 0 Å². The molecule has 0 aromatic heterocycles. The van der Waals surface area contributed by atoms with Crippen LogP contribution in [0.1, 0.15) is 15.9 Å². The zero-order chi connectivity index (χ0) is 13.0. The van der Waals surface area contributed by atoms with Gasteiger partial charge in [-0.25, -0.2) is 8.78 Å². The molecule has 92 valence electrons. The first-order valence-electron chi connectivity index (χ1n) is 5.32. The second kappa shape index (κ2) is 5.40. The molecule has 0 bridgehead atoms. The number of hydrogen-bond acceptors (Lipinski definition) is 2. The summed E-state index contributed by atoms with van der Waals surface area (Å²) in [4.78, 5) is 10.7. The summed E-state index contributed by atoms with van der Waals surface area (Å²) in [5.41, 5.74) is 0.477. The van der Waals surface area contributed by atoms with Gasteiger partial charge in [0.25, 0.3) is 0 Å². The monoisotopic (exact) mass is 248 g/mol. The maximum atomic E-state index is 13.4. The highest BCUT2D eigenvalue weighted by atomic mass is 19.2. The van der Waals surface area contributed by atoms with Gasteiger partial charge >= 0.3 is 0 Å². The molecule has 0 aliphatic heterocycles. The Hall–Kier alpha value is -2.23. The van der Waals surface area contributed by atoms with Gasteiger partial charge in [-0.15, -0.1) is 0 Å². The van der Waals surface area contributed by atoms with Gasteiger partial charge in [-0.3, -0.25) is 4.79 Å². The largest absolute Gasteiger partial charge is 0.488 e. The molecule has 4 heteroatoms. The number of halogens is 2. The Bertz CT molecular complexity index is 567. The van der Waals surface area contributed by atoms with E-state index in [4.69, 9.17) is 4.74 Å². The van der Waals surface area contributed by atoms with Gasteiger partial charge in [-0.05, 0) is 18.2 Å². The van der Waals surface area contributed by atoms with Crippen LogP contribution in [0.25, 0.3) is 0 Å². The molecule has 0 aliphatic rings. The molecule has 0 spiro atoms. The highest BCUT2D eigenvalue weighted by Crippen LogP contribution is 2.19. The first-order chi connectivity index (χ1) is 8.72. The first kappa shape index (κ1) is 12.2. The lowest BCUT2D eigenvalue weighted by atomic mass is 10.2. The molecule has 2 nitrogen and oxygen atoms in total. The van der Waals surface area contributed by atoms with Gasteiger partial charge in [0.2, 0.25) is 0 Å². The molecular formula is C14H10F2O2. The Labute approximate surface area is 103 Å². The summed E-state index contributed by atoms with van der Waals surface area (Å²) in [5, 5.41) is 0. The minimum Gasteiger partial charge on any atom is -0.488 e. The molecule has 0 radical (unpaired) electrons. The van der Waals surface area contributed by atoms with Crippen LogP contribution in [0.5, 0.6) is 5.75 Å². The molecule has 0 saturated carbocycles. The molecule has 0 saturated heterocycles. The smallest absolute Gasteiger partial charge is 0.165 e. The van der Waals surface area contributed by atoms with E-state index in [-0.39, 0.29) is 12.2 Å². The van der Waals surface area contributed by atoms with Crippen LogP contribution < -0.4 is 4.74 Å². The summed E-state index contributed by atoms with van der Waals surface area (Å²) < 4.78 is 31.6. The zero-order valence-corrected chi connectivity index (χ0v) is 9.40.